The van der Waals surface area contributed by atoms with Crippen LogP contribution in [0.5, 0.6) is 0 Å². The van der Waals surface area contributed by atoms with Gasteiger partial charge >= 0.3 is 0 Å². The number of hydrogen-bond acceptors (Lipinski definition) is 3. The fraction of sp³-hybridized carbons (Fsp3) is 0.200. The third-order valence-corrected chi connectivity index (χ3v) is 2.21. The molecule has 2 aromatic rings. The van der Waals surface area contributed by atoms with Gasteiger partial charge in [0.25, 0.3) is 0 Å². The fourth-order valence-corrected chi connectivity index (χ4v) is 1.52. The lowest BCUT2D eigenvalue weighted by molar-refractivity contribution is 0.0998. The molecule has 0 unspecified atom stereocenters. The van der Waals surface area contributed by atoms with E-state index in [1.165, 1.54) is 0 Å². The molecule has 0 aliphatic carbocycles. The van der Waals surface area contributed by atoms with Gasteiger partial charge in [-0.05, 0) is 18.6 Å². The molecular formula is C10H11N3O. The molecule has 4 nitrogen and oxygen atoms in total. The molecule has 0 amide bonds. The van der Waals surface area contributed by atoms with E-state index in [-0.39, 0.29) is 12.3 Å². The second-order valence-electron chi connectivity index (χ2n) is 3.17. The number of rotatable bonds is 2. The Bertz CT molecular complexity index is 487. The number of aryl methyl sites for hydroxylation is 1. The predicted molar refractivity (Wildman–Crippen MR) is 53.3 cm³/mol. The van der Waals surface area contributed by atoms with E-state index in [0.29, 0.717) is 5.69 Å². The molecule has 2 heterocycles. The zero-order valence-electron chi connectivity index (χ0n) is 7.90. The first-order valence-electron chi connectivity index (χ1n) is 4.39. The van der Waals surface area contributed by atoms with Gasteiger partial charge in [-0.3, -0.25) is 4.79 Å². The first-order valence-corrected chi connectivity index (χ1v) is 4.39. The number of ketones is 1. The van der Waals surface area contributed by atoms with Crippen LogP contribution in [0.4, 0.5) is 0 Å². The van der Waals surface area contributed by atoms with E-state index in [1.807, 2.05) is 29.7 Å². The maximum atomic E-state index is 11.4. The van der Waals surface area contributed by atoms with Crippen molar-refractivity contribution in [3.05, 3.63) is 35.9 Å². The molecule has 0 bridgehead atoms. The van der Waals surface area contributed by atoms with E-state index >= 15 is 0 Å². The summed E-state index contributed by atoms with van der Waals surface area (Å²) >= 11 is 0. The first-order chi connectivity index (χ1) is 6.74. The Morgan fingerprint density at radius 1 is 1.64 bits per heavy atom. The minimum absolute atomic E-state index is 0.001000. The van der Waals surface area contributed by atoms with Crippen LogP contribution in [-0.4, -0.2) is 21.7 Å². The summed E-state index contributed by atoms with van der Waals surface area (Å²) in [4.78, 5) is 15.5. The lowest BCUT2D eigenvalue weighted by Crippen LogP contribution is -2.14. The molecule has 0 aliphatic heterocycles. The normalized spacial score (nSPS) is 10.7. The smallest absolute Gasteiger partial charge is 0.196 e. The van der Waals surface area contributed by atoms with Crippen LogP contribution in [-0.2, 0) is 0 Å². The van der Waals surface area contributed by atoms with E-state index in [2.05, 4.69) is 4.98 Å². The van der Waals surface area contributed by atoms with Crippen molar-refractivity contribution in [2.45, 2.75) is 6.92 Å². The van der Waals surface area contributed by atoms with Crippen LogP contribution in [0.3, 0.4) is 0 Å². The molecule has 0 atom stereocenters. The number of nitrogens with two attached hydrogens (primary N) is 1. The minimum atomic E-state index is -0.123. The van der Waals surface area contributed by atoms with Gasteiger partial charge in [0.05, 0.1) is 12.1 Å². The molecule has 0 spiro atoms. The van der Waals surface area contributed by atoms with Gasteiger partial charge in [0, 0.05) is 6.20 Å². The number of imidazole rings is 1. The fourth-order valence-electron chi connectivity index (χ4n) is 1.52. The van der Waals surface area contributed by atoms with E-state index in [4.69, 9.17) is 5.73 Å². The number of carbonyl (C=O) groups is 1. The van der Waals surface area contributed by atoms with Crippen molar-refractivity contribution >= 4 is 11.3 Å². The number of hydrogen-bond donors (Lipinski definition) is 1. The Kier molecular flexibility index (Phi) is 2.05. The average Bonchev–Trinajstić information content (AvgIpc) is 2.62. The van der Waals surface area contributed by atoms with Crippen LogP contribution in [0.15, 0.2) is 24.7 Å². The molecule has 0 aromatic carbocycles. The Labute approximate surface area is 81.4 Å². The average molecular weight is 189 g/mol. The van der Waals surface area contributed by atoms with Crippen molar-refractivity contribution in [3.8, 4) is 0 Å². The summed E-state index contributed by atoms with van der Waals surface area (Å²) in [7, 11) is 0. The molecule has 72 valence electrons. The number of carbonyl (C=O) groups excluding carboxylic acids is 1. The summed E-state index contributed by atoms with van der Waals surface area (Å²) < 4.78 is 1.83. The summed E-state index contributed by atoms with van der Waals surface area (Å²) in [6, 6.07) is 3.87. The van der Waals surface area contributed by atoms with E-state index in [9.17, 15) is 4.79 Å². The number of aromatic nitrogens is 2. The number of pyridine rings is 1. The van der Waals surface area contributed by atoms with Gasteiger partial charge in [-0.15, -0.1) is 0 Å². The van der Waals surface area contributed by atoms with Gasteiger partial charge in [-0.2, -0.15) is 0 Å². The van der Waals surface area contributed by atoms with Gasteiger partial charge in [0.2, 0.25) is 0 Å². The quantitative estimate of drug-likeness (QED) is 0.710. The SMILES string of the molecule is Cc1cccn2cnc(C(=O)CN)c12. The molecule has 2 aromatic heterocycles. The highest BCUT2D eigenvalue weighted by Crippen LogP contribution is 2.14. The maximum absolute atomic E-state index is 11.4. The summed E-state index contributed by atoms with van der Waals surface area (Å²) in [5.41, 5.74) is 7.65. The van der Waals surface area contributed by atoms with Gasteiger partial charge in [-0.1, -0.05) is 6.07 Å². The third-order valence-electron chi connectivity index (χ3n) is 2.21. The lowest BCUT2D eigenvalue weighted by Gasteiger charge is -1.99. The first kappa shape index (κ1) is 8.90. The largest absolute Gasteiger partial charge is 0.324 e. The Morgan fingerprint density at radius 2 is 2.43 bits per heavy atom. The number of Topliss-reactive ketones (excluding diaryl/α,β-unsaturated/α-hetero) is 1. The summed E-state index contributed by atoms with van der Waals surface area (Å²) in [6.45, 7) is 1.95. The zero-order chi connectivity index (χ0) is 10.1. The van der Waals surface area contributed by atoms with E-state index in [0.717, 1.165) is 11.1 Å². The summed E-state index contributed by atoms with van der Waals surface area (Å²) in [5.74, 6) is -0.123. The molecule has 0 fully saturated rings. The van der Waals surface area contributed by atoms with Gasteiger partial charge in [0.15, 0.2) is 5.78 Å². The van der Waals surface area contributed by atoms with Crippen molar-refractivity contribution < 1.29 is 4.79 Å². The van der Waals surface area contributed by atoms with Crippen LogP contribution in [0.1, 0.15) is 16.1 Å². The standard InChI is InChI=1S/C10H11N3O/c1-7-3-2-4-13-6-12-9(10(7)13)8(14)5-11/h2-4,6H,5,11H2,1H3. The molecule has 0 radical (unpaired) electrons. The molecular weight excluding hydrogens is 178 g/mol. The third kappa shape index (κ3) is 1.20. The second kappa shape index (κ2) is 3.23. The molecule has 0 aliphatic rings. The predicted octanol–water partition coefficient (Wildman–Crippen LogP) is 0.784. The molecule has 2 N–H and O–H groups in total. The highest BCUT2D eigenvalue weighted by Gasteiger charge is 2.12. The Hall–Kier alpha value is -1.68. The molecule has 4 heteroatoms. The Balaban J connectivity index is 2.73. The van der Waals surface area contributed by atoms with Crippen molar-refractivity contribution in [2.24, 2.45) is 5.73 Å². The highest BCUT2D eigenvalue weighted by molar-refractivity contribution is 6.02. The minimum Gasteiger partial charge on any atom is -0.324 e. The molecule has 0 saturated heterocycles. The second-order valence-corrected chi connectivity index (χ2v) is 3.17. The molecule has 2 rings (SSSR count). The highest BCUT2D eigenvalue weighted by atomic mass is 16.1. The van der Waals surface area contributed by atoms with Crippen LogP contribution in [0.25, 0.3) is 5.52 Å². The monoisotopic (exact) mass is 189 g/mol. The van der Waals surface area contributed by atoms with Crippen molar-refractivity contribution in [3.63, 3.8) is 0 Å². The van der Waals surface area contributed by atoms with Crippen LogP contribution < -0.4 is 5.73 Å². The summed E-state index contributed by atoms with van der Waals surface area (Å²) in [6.07, 6.45) is 3.49. The number of nitrogens with zero attached hydrogens (tertiary/aromatic N) is 2. The summed E-state index contributed by atoms with van der Waals surface area (Å²) in [5, 5.41) is 0. The van der Waals surface area contributed by atoms with E-state index in [1.54, 1.807) is 6.33 Å². The van der Waals surface area contributed by atoms with Crippen LogP contribution in [0, 0.1) is 6.92 Å². The zero-order valence-corrected chi connectivity index (χ0v) is 7.90. The van der Waals surface area contributed by atoms with Gasteiger partial charge in [-0.25, -0.2) is 4.98 Å². The van der Waals surface area contributed by atoms with Crippen LogP contribution in [0.2, 0.25) is 0 Å². The maximum Gasteiger partial charge on any atom is 0.196 e. The molecule has 0 saturated carbocycles. The Morgan fingerprint density at radius 3 is 3.14 bits per heavy atom. The topological polar surface area (TPSA) is 60.4 Å². The van der Waals surface area contributed by atoms with E-state index < -0.39 is 0 Å². The van der Waals surface area contributed by atoms with Gasteiger partial charge in [0.1, 0.15) is 12.0 Å². The number of fused-ring (bicyclic) bond motifs is 1. The molecule has 14 heavy (non-hydrogen) atoms. The van der Waals surface area contributed by atoms with Crippen LogP contribution >= 0.6 is 0 Å². The lowest BCUT2D eigenvalue weighted by atomic mass is 10.2. The van der Waals surface area contributed by atoms with Gasteiger partial charge < -0.3 is 10.1 Å². The van der Waals surface area contributed by atoms with Crippen molar-refractivity contribution in [1.29, 1.82) is 0 Å². The van der Waals surface area contributed by atoms with Crippen molar-refractivity contribution in [2.75, 3.05) is 6.54 Å². The van der Waals surface area contributed by atoms with Crippen molar-refractivity contribution in [1.82, 2.24) is 9.38 Å².